The van der Waals surface area contributed by atoms with Gasteiger partial charge in [-0.15, -0.1) is 0 Å². The summed E-state index contributed by atoms with van der Waals surface area (Å²) in [5.41, 5.74) is -0.197. The molecule has 4 heterocycles. The zero-order chi connectivity index (χ0) is 24.7. The molecule has 8 nitrogen and oxygen atoms in total. The number of nitrogens with zero attached hydrogens (tertiary/aromatic N) is 3. The summed E-state index contributed by atoms with van der Waals surface area (Å²) in [5.74, 6) is -2.06. The fraction of sp³-hybridized carbons (Fsp3) is 0.519. The van der Waals surface area contributed by atoms with Crippen molar-refractivity contribution in [1.82, 2.24) is 14.7 Å². The van der Waals surface area contributed by atoms with Gasteiger partial charge in [0.15, 0.2) is 0 Å². The van der Waals surface area contributed by atoms with Gasteiger partial charge in [-0.05, 0) is 25.8 Å². The first-order valence-electron chi connectivity index (χ1n) is 12.5. The monoisotopic (exact) mass is 479 g/mol. The molecule has 5 rings (SSSR count). The summed E-state index contributed by atoms with van der Waals surface area (Å²) in [6.07, 6.45) is 7.33. The number of fused-ring (bicyclic) bond motifs is 2. The summed E-state index contributed by atoms with van der Waals surface area (Å²) in [4.78, 5) is 46.7. The first kappa shape index (κ1) is 23.8. The Labute approximate surface area is 205 Å². The van der Waals surface area contributed by atoms with Gasteiger partial charge < -0.3 is 24.5 Å². The summed E-state index contributed by atoms with van der Waals surface area (Å²) in [5, 5.41) is 9.46. The SMILES string of the molecule is CC(C)N1CC=C[C@]23O[C@@H]4C=CCN(Cc5ccccc5)C(=O)[C@@H]4[C@H]2C(=O)N(CCCO)C3C1=O. The maximum absolute atomic E-state index is 13.9. The minimum absolute atomic E-state index is 0.0501. The van der Waals surface area contributed by atoms with E-state index in [9.17, 15) is 19.5 Å². The van der Waals surface area contributed by atoms with Crippen molar-refractivity contribution in [3.63, 3.8) is 0 Å². The van der Waals surface area contributed by atoms with Crippen LogP contribution in [0.15, 0.2) is 54.6 Å². The molecule has 0 radical (unpaired) electrons. The molecule has 1 unspecified atom stereocenters. The average Bonchev–Trinajstić information content (AvgIpc) is 3.15. The highest BCUT2D eigenvalue weighted by molar-refractivity contribution is 5.99. The second-order valence-corrected chi connectivity index (χ2v) is 10.1. The van der Waals surface area contributed by atoms with Crippen LogP contribution in [0.4, 0.5) is 0 Å². The van der Waals surface area contributed by atoms with Crippen LogP contribution in [0.1, 0.15) is 25.8 Å². The molecule has 0 aliphatic carbocycles. The quantitative estimate of drug-likeness (QED) is 0.623. The Bertz CT molecular complexity index is 1050. The molecule has 0 aromatic heterocycles. The Morgan fingerprint density at radius 1 is 1.06 bits per heavy atom. The van der Waals surface area contributed by atoms with E-state index < -0.39 is 29.6 Å². The number of amides is 3. The Hall–Kier alpha value is -2.97. The number of carbonyl (C=O) groups is 3. The van der Waals surface area contributed by atoms with Crippen LogP contribution in [0, 0.1) is 11.8 Å². The molecule has 35 heavy (non-hydrogen) atoms. The second kappa shape index (κ2) is 9.24. The van der Waals surface area contributed by atoms with Crippen molar-refractivity contribution in [3.8, 4) is 0 Å². The molecule has 4 aliphatic rings. The zero-order valence-electron chi connectivity index (χ0n) is 20.2. The number of ether oxygens (including phenoxy) is 1. The summed E-state index contributed by atoms with van der Waals surface area (Å²) in [6, 6.07) is 8.87. The summed E-state index contributed by atoms with van der Waals surface area (Å²) >= 11 is 0. The molecule has 1 aromatic carbocycles. The van der Waals surface area contributed by atoms with E-state index >= 15 is 0 Å². The smallest absolute Gasteiger partial charge is 0.249 e. The van der Waals surface area contributed by atoms with Gasteiger partial charge in [0.05, 0.1) is 17.9 Å². The van der Waals surface area contributed by atoms with Crippen molar-refractivity contribution >= 4 is 17.7 Å². The lowest BCUT2D eigenvalue weighted by Crippen LogP contribution is -2.56. The predicted octanol–water partition coefficient (Wildman–Crippen LogP) is 1.36. The van der Waals surface area contributed by atoms with Crippen molar-refractivity contribution in [2.45, 2.75) is 50.6 Å². The Morgan fingerprint density at radius 2 is 1.83 bits per heavy atom. The third-order valence-electron chi connectivity index (χ3n) is 7.67. The number of hydrogen-bond acceptors (Lipinski definition) is 5. The number of likely N-dealkylation sites (tertiary alicyclic amines) is 1. The third-order valence-corrected chi connectivity index (χ3v) is 7.67. The van der Waals surface area contributed by atoms with Crippen LogP contribution in [0.2, 0.25) is 0 Å². The topological polar surface area (TPSA) is 90.4 Å². The van der Waals surface area contributed by atoms with E-state index in [1.807, 2.05) is 68.5 Å². The molecule has 5 atom stereocenters. The maximum atomic E-state index is 13.9. The van der Waals surface area contributed by atoms with Gasteiger partial charge in [-0.1, -0.05) is 54.6 Å². The molecule has 3 amide bonds. The van der Waals surface area contributed by atoms with Crippen molar-refractivity contribution < 1.29 is 24.2 Å². The predicted molar refractivity (Wildman–Crippen MR) is 129 cm³/mol. The normalized spacial score (nSPS) is 32.1. The van der Waals surface area contributed by atoms with Gasteiger partial charge in [0, 0.05) is 38.8 Å². The van der Waals surface area contributed by atoms with Crippen molar-refractivity contribution in [2.24, 2.45) is 11.8 Å². The largest absolute Gasteiger partial charge is 0.396 e. The fourth-order valence-corrected chi connectivity index (χ4v) is 6.10. The van der Waals surface area contributed by atoms with Crippen LogP contribution in [0.3, 0.4) is 0 Å². The summed E-state index contributed by atoms with van der Waals surface area (Å²) in [7, 11) is 0. The van der Waals surface area contributed by atoms with Crippen LogP contribution >= 0.6 is 0 Å². The third kappa shape index (κ3) is 3.79. The molecular formula is C27H33N3O5. The van der Waals surface area contributed by atoms with Crippen molar-refractivity contribution in [1.29, 1.82) is 0 Å². The lowest BCUT2D eigenvalue weighted by molar-refractivity contribution is -0.149. The Kier molecular flexibility index (Phi) is 6.27. The summed E-state index contributed by atoms with van der Waals surface area (Å²) in [6.45, 7) is 5.34. The number of aliphatic hydroxyl groups is 1. The van der Waals surface area contributed by atoms with Gasteiger partial charge in [-0.25, -0.2) is 0 Å². The molecule has 186 valence electrons. The summed E-state index contributed by atoms with van der Waals surface area (Å²) < 4.78 is 6.60. The minimum atomic E-state index is -1.21. The highest BCUT2D eigenvalue weighted by Crippen LogP contribution is 2.53. The van der Waals surface area contributed by atoms with E-state index in [1.165, 1.54) is 0 Å². The second-order valence-electron chi connectivity index (χ2n) is 10.1. The van der Waals surface area contributed by atoms with Crippen LogP contribution in [-0.2, 0) is 25.7 Å². The van der Waals surface area contributed by atoms with Gasteiger partial charge in [0.25, 0.3) is 0 Å². The van der Waals surface area contributed by atoms with E-state index in [4.69, 9.17) is 4.74 Å². The van der Waals surface area contributed by atoms with Crippen LogP contribution in [-0.4, -0.2) is 87.6 Å². The number of aliphatic hydroxyl groups excluding tert-OH is 1. The average molecular weight is 480 g/mol. The highest BCUT2D eigenvalue weighted by Gasteiger charge is 2.71. The van der Waals surface area contributed by atoms with Gasteiger partial charge in [0.2, 0.25) is 17.7 Å². The Morgan fingerprint density at radius 3 is 2.54 bits per heavy atom. The fourth-order valence-electron chi connectivity index (χ4n) is 6.10. The van der Waals surface area contributed by atoms with Crippen LogP contribution < -0.4 is 0 Å². The van der Waals surface area contributed by atoms with E-state index in [2.05, 4.69) is 0 Å². The number of carbonyl (C=O) groups excluding carboxylic acids is 3. The molecule has 2 saturated heterocycles. The zero-order valence-corrected chi connectivity index (χ0v) is 20.2. The number of rotatable bonds is 6. The molecule has 0 saturated carbocycles. The molecule has 0 bridgehead atoms. The minimum Gasteiger partial charge on any atom is -0.396 e. The molecule has 4 aliphatic heterocycles. The van der Waals surface area contributed by atoms with E-state index in [0.29, 0.717) is 26.1 Å². The Balaban J connectivity index is 1.54. The standard InChI is InChI=1S/C27H33N3O5/c1-18(2)29-14-7-12-27-22(25(33)30(15-8-16-31)23(27)26(29)34)21-20(35-27)11-6-13-28(24(21)32)17-19-9-4-3-5-10-19/h3-7,9-12,18,20-23,31H,8,13-17H2,1-2H3/t20-,21+,22+,23?,27+/m1/s1. The molecule has 1 aromatic rings. The van der Waals surface area contributed by atoms with Gasteiger partial charge >= 0.3 is 0 Å². The lowest BCUT2D eigenvalue weighted by Gasteiger charge is -2.36. The molecule has 8 heteroatoms. The van der Waals surface area contributed by atoms with E-state index in [1.54, 1.807) is 14.7 Å². The number of hydrogen-bond donors (Lipinski definition) is 1. The van der Waals surface area contributed by atoms with Crippen LogP contribution in [0.5, 0.6) is 0 Å². The lowest BCUT2D eigenvalue weighted by atomic mass is 9.77. The van der Waals surface area contributed by atoms with Crippen LogP contribution in [0.25, 0.3) is 0 Å². The van der Waals surface area contributed by atoms with Gasteiger partial charge in [-0.2, -0.15) is 0 Å². The first-order valence-corrected chi connectivity index (χ1v) is 12.5. The van der Waals surface area contributed by atoms with Crippen molar-refractivity contribution in [2.75, 3.05) is 26.2 Å². The molecule has 1 N–H and O–H groups in total. The molecule has 1 spiro atoms. The highest BCUT2D eigenvalue weighted by atomic mass is 16.5. The number of benzene rings is 1. The van der Waals surface area contributed by atoms with Crippen molar-refractivity contribution in [3.05, 3.63) is 60.2 Å². The molecular weight excluding hydrogens is 446 g/mol. The first-order chi connectivity index (χ1) is 16.9. The van der Waals surface area contributed by atoms with Gasteiger partial charge in [-0.3, -0.25) is 14.4 Å². The van der Waals surface area contributed by atoms with E-state index in [0.717, 1.165) is 5.56 Å². The van der Waals surface area contributed by atoms with Gasteiger partial charge in [0.1, 0.15) is 11.6 Å². The van der Waals surface area contributed by atoms with E-state index in [-0.39, 0.29) is 36.9 Å². The maximum Gasteiger partial charge on any atom is 0.249 e. The molecule has 2 fully saturated rings.